The van der Waals surface area contributed by atoms with E-state index in [1.807, 2.05) is 47.8 Å². The van der Waals surface area contributed by atoms with Crippen molar-refractivity contribution in [2.45, 2.75) is 11.5 Å². The van der Waals surface area contributed by atoms with E-state index < -0.39 is 10.8 Å². The van der Waals surface area contributed by atoms with Gasteiger partial charge >= 0.3 is 0 Å². The van der Waals surface area contributed by atoms with Gasteiger partial charge in [-0.1, -0.05) is 36.4 Å². The van der Waals surface area contributed by atoms with Crippen LogP contribution in [0.2, 0.25) is 0 Å². The summed E-state index contributed by atoms with van der Waals surface area (Å²) in [4.78, 5) is 5.38. The number of benzene rings is 1. The van der Waals surface area contributed by atoms with Gasteiger partial charge in [-0.15, -0.1) is 11.3 Å². The van der Waals surface area contributed by atoms with Crippen LogP contribution in [-0.4, -0.2) is 9.19 Å². The van der Waals surface area contributed by atoms with Crippen molar-refractivity contribution < 1.29 is 8.63 Å². The quantitative estimate of drug-likeness (QED) is 0.719. The Morgan fingerprint density at radius 3 is 2.70 bits per heavy atom. The smallest absolute Gasteiger partial charge is 0.236 e. The van der Waals surface area contributed by atoms with Crippen LogP contribution in [-0.2, 0) is 22.3 Å². The van der Waals surface area contributed by atoms with Gasteiger partial charge in [-0.05, 0) is 17.0 Å². The molecule has 5 heteroatoms. The zero-order valence-corrected chi connectivity index (χ0v) is 12.3. The zero-order chi connectivity index (χ0) is 13.8. The van der Waals surface area contributed by atoms with Crippen LogP contribution >= 0.6 is 11.3 Å². The minimum Gasteiger partial charge on any atom is -0.444 e. The van der Waals surface area contributed by atoms with Gasteiger partial charge in [-0.3, -0.25) is 4.21 Å². The predicted molar refractivity (Wildman–Crippen MR) is 81.8 cm³/mol. The normalized spacial score (nSPS) is 12.4. The SMILES string of the molecule is O=[S@](Cc1ccccc1)Cc1coc(-c2cccs2)n1. The molecule has 3 rings (SSSR count). The monoisotopic (exact) mass is 303 g/mol. The maximum atomic E-state index is 12.1. The average Bonchev–Trinajstić information content (AvgIpc) is 3.10. The van der Waals surface area contributed by atoms with Crippen LogP contribution in [0.5, 0.6) is 0 Å². The molecule has 2 heterocycles. The van der Waals surface area contributed by atoms with Crippen molar-refractivity contribution in [2.24, 2.45) is 0 Å². The predicted octanol–water partition coefficient (Wildman–Crippen LogP) is 3.85. The van der Waals surface area contributed by atoms with E-state index in [0.29, 0.717) is 17.4 Å². The molecule has 1 atom stereocenters. The molecule has 102 valence electrons. The molecule has 3 nitrogen and oxygen atoms in total. The lowest BCUT2D eigenvalue weighted by atomic mass is 10.2. The molecule has 0 bridgehead atoms. The van der Waals surface area contributed by atoms with Crippen LogP contribution in [0.15, 0.2) is 58.5 Å². The van der Waals surface area contributed by atoms with Gasteiger partial charge in [-0.25, -0.2) is 4.98 Å². The number of aromatic nitrogens is 1. The van der Waals surface area contributed by atoms with E-state index in [0.717, 1.165) is 16.1 Å². The summed E-state index contributed by atoms with van der Waals surface area (Å²) >= 11 is 1.58. The van der Waals surface area contributed by atoms with E-state index in [9.17, 15) is 4.21 Å². The molecule has 0 aliphatic carbocycles. The van der Waals surface area contributed by atoms with Crippen LogP contribution in [0, 0.1) is 0 Å². The lowest BCUT2D eigenvalue weighted by Gasteiger charge is -1.99. The molecule has 3 aromatic rings. The molecule has 0 aliphatic rings. The topological polar surface area (TPSA) is 43.1 Å². The maximum Gasteiger partial charge on any atom is 0.236 e. The number of rotatable bonds is 5. The summed E-state index contributed by atoms with van der Waals surface area (Å²) in [6, 6.07) is 13.8. The molecular formula is C15H13NO2S2. The average molecular weight is 303 g/mol. The van der Waals surface area contributed by atoms with E-state index in [4.69, 9.17) is 4.42 Å². The molecule has 0 spiro atoms. The van der Waals surface area contributed by atoms with Crippen LogP contribution < -0.4 is 0 Å². The van der Waals surface area contributed by atoms with Crippen molar-refractivity contribution in [1.82, 2.24) is 4.98 Å². The molecule has 0 aliphatic heterocycles. The van der Waals surface area contributed by atoms with Crippen molar-refractivity contribution in [1.29, 1.82) is 0 Å². The van der Waals surface area contributed by atoms with Crippen molar-refractivity contribution in [3.8, 4) is 10.8 Å². The summed E-state index contributed by atoms with van der Waals surface area (Å²) in [5, 5.41) is 1.98. The Kier molecular flexibility index (Phi) is 4.08. The molecule has 0 amide bonds. The molecule has 0 saturated heterocycles. The molecule has 0 unspecified atom stereocenters. The number of nitrogens with zero attached hydrogens (tertiary/aromatic N) is 1. The minimum atomic E-state index is -0.975. The summed E-state index contributed by atoms with van der Waals surface area (Å²) in [6.07, 6.45) is 1.60. The number of hydrogen-bond acceptors (Lipinski definition) is 4. The third-order valence-electron chi connectivity index (χ3n) is 2.76. The van der Waals surface area contributed by atoms with Crippen LogP contribution in [0.3, 0.4) is 0 Å². The lowest BCUT2D eigenvalue weighted by molar-refractivity contribution is 0.574. The Morgan fingerprint density at radius 2 is 1.95 bits per heavy atom. The Hall–Kier alpha value is -1.72. The first-order chi connectivity index (χ1) is 9.81. The van der Waals surface area contributed by atoms with E-state index in [1.165, 1.54) is 0 Å². The van der Waals surface area contributed by atoms with E-state index in [1.54, 1.807) is 17.6 Å². The maximum absolute atomic E-state index is 12.1. The van der Waals surface area contributed by atoms with Gasteiger partial charge in [-0.2, -0.15) is 0 Å². The largest absolute Gasteiger partial charge is 0.444 e. The molecule has 0 radical (unpaired) electrons. The minimum absolute atomic E-state index is 0.420. The highest BCUT2D eigenvalue weighted by molar-refractivity contribution is 7.83. The summed E-state index contributed by atoms with van der Waals surface area (Å²) < 4.78 is 17.5. The van der Waals surface area contributed by atoms with Crippen molar-refractivity contribution in [3.63, 3.8) is 0 Å². The molecule has 20 heavy (non-hydrogen) atoms. The Bertz CT molecular complexity index is 690. The summed E-state index contributed by atoms with van der Waals surface area (Å²) in [5.74, 6) is 1.57. The third-order valence-corrected chi connectivity index (χ3v) is 4.89. The number of hydrogen-bond donors (Lipinski definition) is 0. The highest BCUT2D eigenvalue weighted by atomic mass is 32.2. The molecule has 2 aromatic heterocycles. The second-order valence-corrected chi connectivity index (χ2v) is 6.74. The fourth-order valence-corrected chi connectivity index (χ4v) is 3.65. The van der Waals surface area contributed by atoms with Crippen LogP contribution in [0.4, 0.5) is 0 Å². The van der Waals surface area contributed by atoms with Gasteiger partial charge in [0.15, 0.2) is 0 Å². The molecule has 1 aromatic carbocycles. The second-order valence-electron chi connectivity index (χ2n) is 4.34. The molecule has 0 N–H and O–H groups in total. The molecule has 0 saturated carbocycles. The van der Waals surface area contributed by atoms with Gasteiger partial charge in [0.1, 0.15) is 6.26 Å². The summed E-state index contributed by atoms with van der Waals surface area (Å²) in [5.41, 5.74) is 1.82. The fourth-order valence-electron chi connectivity index (χ4n) is 1.86. The highest BCUT2D eigenvalue weighted by Gasteiger charge is 2.10. The highest BCUT2D eigenvalue weighted by Crippen LogP contribution is 2.24. The van der Waals surface area contributed by atoms with Gasteiger partial charge in [0, 0.05) is 16.6 Å². The number of oxazole rings is 1. The van der Waals surface area contributed by atoms with Crippen LogP contribution in [0.1, 0.15) is 11.3 Å². The van der Waals surface area contributed by atoms with E-state index >= 15 is 0 Å². The first-order valence-electron chi connectivity index (χ1n) is 6.18. The Balaban J connectivity index is 1.65. The first-order valence-corrected chi connectivity index (χ1v) is 8.55. The number of thiophene rings is 1. The molecule has 0 fully saturated rings. The van der Waals surface area contributed by atoms with Crippen molar-refractivity contribution in [2.75, 3.05) is 0 Å². The standard InChI is InChI=1S/C15H13NO2S2/c17-20(10-12-5-2-1-3-6-12)11-13-9-18-15(16-13)14-7-4-8-19-14/h1-9H,10-11H2/t20-/m1/s1. The lowest BCUT2D eigenvalue weighted by Crippen LogP contribution is -1.99. The third kappa shape index (κ3) is 3.23. The van der Waals surface area contributed by atoms with E-state index in [-0.39, 0.29) is 0 Å². The first kappa shape index (κ1) is 13.3. The summed E-state index contributed by atoms with van der Waals surface area (Å²) in [7, 11) is -0.975. The Morgan fingerprint density at radius 1 is 1.10 bits per heavy atom. The zero-order valence-electron chi connectivity index (χ0n) is 10.7. The van der Waals surface area contributed by atoms with Crippen molar-refractivity contribution >= 4 is 22.1 Å². The van der Waals surface area contributed by atoms with Gasteiger partial charge < -0.3 is 4.42 Å². The Labute approximate surface area is 123 Å². The van der Waals surface area contributed by atoms with Crippen molar-refractivity contribution in [3.05, 3.63) is 65.4 Å². The fraction of sp³-hybridized carbons (Fsp3) is 0.133. The second kappa shape index (κ2) is 6.15. The van der Waals surface area contributed by atoms with Gasteiger partial charge in [0.2, 0.25) is 5.89 Å². The van der Waals surface area contributed by atoms with Gasteiger partial charge in [0.25, 0.3) is 0 Å². The van der Waals surface area contributed by atoms with Crippen LogP contribution in [0.25, 0.3) is 10.8 Å². The summed E-state index contributed by atoms with van der Waals surface area (Å²) in [6.45, 7) is 0. The van der Waals surface area contributed by atoms with E-state index in [2.05, 4.69) is 4.98 Å². The van der Waals surface area contributed by atoms with Gasteiger partial charge in [0.05, 0.1) is 16.3 Å². The molecular weight excluding hydrogens is 290 g/mol.